The van der Waals surface area contributed by atoms with Crippen LogP contribution < -0.4 is 21.3 Å². The van der Waals surface area contributed by atoms with Gasteiger partial charge >= 0.3 is 5.97 Å². The minimum Gasteiger partial charge on any atom is -0.464 e. The number of ether oxygens (including phenoxy) is 1. The standard InChI is InChI=1S/C26H31Cl2N5O4/c1-2-37-26(36)22(33-24(34)21-11-18(12-30-21)31-16-4-3-5-16)10-15-6-8-17(9-7-15)32-25(35)23-19(27)13-29-14-20(23)28/h6-9,13-14,16,18,21-22,30-31H,2-5,10-12H2,1H3,(H,32,35)(H,33,34)/t18-,21+,22+/m1/s1. The summed E-state index contributed by atoms with van der Waals surface area (Å²) >= 11 is 12.1. The molecule has 2 amide bonds. The molecule has 4 N–H and O–H groups in total. The number of carbonyl (C=O) groups excluding carboxylic acids is 3. The molecule has 1 saturated heterocycles. The molecule has 2 heterocycles. The molecule has 2 fully saturated rings. The first-order valence-electron chi connectivity index (χ1n) is 12.5. The summed E-state index contributed by atoms with van der Waals surface area (Å²) in [4.78, 5) is 42.0. The fraction of sp³-hybridized carbons (Fsp3) is 0.462. The summed E-state index contributed by atoms with van der Waals surface area (Å²) in [5.41, 5.74) is 1.45. The van der Waals surface area contributed by atoms with Crippen molar-refractivity contribution in [1.29, 1.82) is 0 Å². The molecule has 2 aromatic rings. The van der Waals surface area contributed by atoms with Gasteiger partial charge in [0, 0.05) is 43.1 Å². The largest absolute Gasteiger partial charge is 0.464 e. The Bertz CT molecular complexity index is 1110. The maximum atomic E-state index is 13.0. The number of hydrogen-bond donors (Lipinski definition) is 4. The van der Waals surface area contributed by atoms with E-state index in [1.807, 2.05) is 0 Å². The Morgan fingerprint density at radius 1 is 1.11 bits per heavy atom. The second-order valence-electron chi connectivity index (χ2n) is 9.33. The van der Waals surface area contributed by atoms with Gasteiger partial charge in [-0.2, -0.15) is 0 Å². The maximum absolute atomic E-state index is 13.0. The zero-order chi connectivity index (χ0) is 26.4. The SMILES string of the molecule is CCOC(=O)[C@H](Cc1ccc(NC(=O)c2c(Cl)cncc2Cl)cc1)NC(=O)[C@@H]1C[C@@H](NC2CCC2)CN1. The molecule has 4 rings (SSSR count). The molecule has 1 aromatic heterocycles. The lowest BCUT2D eigenvalue weighted by atomic mass is 9.92. The van der Waals surface area contributed by atoms with Crippen LogP contribution in [-0.4, -0.2) is 60.1 Å². The molecule has 198 valence electrons. The molecule has 1 aromatic carbocycles. The van der Waals surface area contributed by atoms with Crippen LogP contribution in [0.4, 0.5) is 5.69 Å². The topological polar surface area (TPSA) is 121 Å². The molecule has 0 unspecified atom stereocenters. The number of carbonyl (C=O) groups is 3. The molecule has 37 heavy (non-hydrogen) atoms. The summed E-state index contributed by atoms with van der Waals surface area (Å²) in [6.45, 7) is 2.66. The first kappa shape index (κ1) is 27.3. The van der Waals surface area contributed by atoms with Crippen molar-refractivity contribution in [1.82, 2.24) is 20.9 Å². The molecule has 1 saturated carbocycles. The van der Waals surface area contributed by atoms with Crippen molar-refractivity contribution in [2.45, 2.75) is 63.2 Å². The molecule has 11 heteroatoms. The Labute approximate surface area is 226 Å². The second-order valence-corrected chi connectivity index (χ2v) is 10.1. The molecule has 1 aliphatic heterocycles. The van der Waals surface area contributed by atoms with Gasteiger partial charge in [-0.15, -0.1) is 0 Å². The van der Waals surface area contributed by atoms with E-state index in [1.165, 1.54) is 31.7 Å². The van der Waals surface area contributed by atoms with E-state index in [9.17, 15) is 14.4 Å². The highest BCUT2D eigenvalue weighted by atomic mass is 35.5. The van der Waals surface area contributed by atoms with Gasteiger partial charge in [-0.25, -0.2) is 4.79 Å². The van der Waals surface area contributed by atoms with Gasteiger partial charge < -0.3 is 26.0 Å². The number of amides is 2. The number of halogens is 2. The van der Waals surface area contributed by atoms with Crippen molar-refractivity contribution >= 4 is 46.7 Å². The van der Waals surface area contributed by atoms with E-state index >= 15 is 0 Å². The van der Waals surface area contributed by atoms with Crippen molar-refractivity contribution in [3.63, 3.8) is 0 Å². The van der Waals surface area contributed by atoms with Crippen molar-refractivity contribution in [3.05, 3.63) is 57.8 Å². The van der Waals surface area contributed by atoms with Crippen molar-refractivity contribution < 1.29 is 19.1 Å². The normalized spacial score (nSPS) is 20.1. The molecule has 9 nitrogen and oxygen atoms in total. The molecule has 3 atom stereocenters. The minimum atomic E-state index is -0.831. The van der Waals surface area contributed by atoms with Gasteiger partial charge in [0.05, 0.1) is 28.3 Å². The van der Waals surface area contributed by atoms with Crippen LogP contribution >= 0.6 is 23.2 Å². The van der Waals surface area contributed by atoms with Crippen LogP contribution in [0, 0.1) is 0 Å². The minimum absolute atomic E-state index is 0.137. The van der Waals surface area contributed by atoms with E-state index in [0.29, 0.717) is 18.2 Å². The monoisotopic (exact) mass is 547 g/mol. The van der Waals surface area contributed by atoms with Gasteiger partial charge in [-0.1, -0.05) is 41.8 Å². The zero-order valence-electron chi connectivity index (χ0n) is 20.6. The molecule has 0 radical (unpaired) electrons. The Hall–Kier alpha value is -2.72. The highest BCUT2D eigenvalue weighted by Crippen LogP contribution is 2.24. The predicted octanol–water partition coefficient (Wildman–Crippen LogP) is 3.10. The summed E-state index contributed by atoms with van der Waals surface area (Å²) < 4.78 is 5.21. The van der Waals surface area contributed by atoms with Gasteiger partial charge in [-0.3, -0.25) is 14.6 Å². The molecule has 1 aliphatic carbocycles. The van der Waals surface area contributed by atoms with Crippen molar-refractivity contribution in [3.8, 4) is 0 Å². The quantitative estimate of drug-likeness (QED) is 0.337. The average Bonchev–Trinajstić information content (AvgIpc) is 3.31. The Morgan fingerprint density at radius 3 is 2.43 bits per heavy atom. The van der Waals surface area contributed by atoms with Gasteiger partial charge in [0.25, 0.3) is 5.91 Å². The Morgan fingerprint density at radius 2 is 1.81 bits per heavy atom. The number of anilines is 1. The van der Waals surface area contributed by atoms with Gasteiger partial charge in [0.1, 0.15) is 6.04 Å². The van der Waals surface area contributed by atoms with Crippen LogP contribution in [0.5, 0.6) is 0 Å². The van der Waals surface area contributed by atoms with Crippen LogP contribution in [0.15, 0.2) is 36.7 Å². The fourth-order valence-electron chi connectivity index (χ4n) is 4.46. The summed E-state index contributed by atoms with van der Waals surface area (Å²) in [7, 11) is 0. The van der Waals surface area contributed by atoms with Crippen LogP contribution in [0.2, 0.25) is 10.0 Å². The van der Waals surface area contributed by atoms with Gasteiger partial charge in [0.2, 0.25) is 5.91 Å². The highest BCUT2D eigenvalue weighted by molar-refractivity contribution is 6.40. The van der Waals surface area contributed by atoms with Crippen molar-refractivity contribution in [2.24, 2.45) is 0 Å². The molecular weight excluding hydrogens is 517 g/mol. The van der Waals surface area contributed by atoms with Crippen LogP contribution in [-0.2, 0) is 20.7 Å². The maximum Gasteiger partial charge on any atom is 0.328 e. The molecular formula is C26H31Cl2N5O4. The zero-order valence-corrected chi connectivity index (χ0v) is 22.1. The van der Waals surface area contributed by atoms with Crippen LogP contribution in [0.1, 0.15) is 48.5 Å². The molecule has 0 bridgehead atoms. The lowest BCUT2D eigenvalue weighted by molar-refractivity contribution is -0.147. The third-order valence-corrected chi connectivity index (χ3v) is 7.22. The van der Waals surface area contributed by atoms with E-state index in [1.54, 1.807) is 31.2 Å². The van der Waals surface area contributed by atoms with Crippen molar-refractivity contribution in [2.75, 3.05) is 18.5 Å². The van der Waals surface area contributed by atoms with Gasteiger partial charge in [-0.05, 0) is 43.9 Å². The Balaban J connectivity index is 1.35. The number of hydrogen-bond acceptors (Lipinski definition) is 7. The number of rotatable bonds is 10. The number of nitrogens with zero attached hydrogens (tertiary/aromatic N) is 1. The number of benzene rings is 1. The average molecular weight is 548 g/mol. The fourth-order valence-corrected chi connectivity index (χ4v) is 5.00. The lowest BCUT2D eigenvalue weighted by Gasteiger charge is -2.29. The summed E-state index contributed by atoms with van der Waals surface area (Å²) in [5, 5.41) is 12.8. The number of esters is 1. The summed E-state index contributed by atoms with van der Waals surface area (Å²) in [6, 6.07) is 6.56. The smallest absolute Gasteiger partial charge is 0.328 e. The molecule has 0 spiro atoms. The number of aromatic nitrogens is 1. The van der Waals surface area contributed by atoms with Gasteiger partial charge in [0.15, 0.2) is 0 Å². The highest BCUT2D eigenvalue weighted by Gasteiger charge is 2.34. The lowest BCUT2D eigenvalue weighted by Crippen LogP contribution is -2.49. The first-order chi connectivity index (χ1) is 17.8. The summed E-state index contributed by atoms with van der Waals surface area (Å²) in [5.74, 6) is -1.17. The number of pyridine rings is 1. The third kappa shape index (κ3) is 7.19. The van der Waals surface area contributed by atoms with Crippen LogP contribution in [0.3, 0.4) is 0 Å². The van der Waals surface area contributed by atoms with E-state index in [-0.39, 0.29) is 46.6 Å². The van der Waals surface area contributed by atoms with E-state index in [0.717, 1.165) is 12.1 Å². The Kier molecular flexibility index (Phi) is 9.37. The van der Waals surface area contributed by atoms with E-state index in [2.05, 4.69) is 26.3 Å². The van der Waals surface area contributed by atoms with E-state index in [4.69, 9.17) is 27.9 Å². The van der Waals surface area contributed by atoms with Crippen LogP contribution in [0.25, 0.3) is 0 Å². The van der Waals surface area contributed by atoms with E-state index < -0.39 is 17.9 Å². The molecule has 2 aliphatic rings. The third-order valence-electron chi connectivity index (χ3n) is 6.64. The second kappa shape index (κ2) is 12.7. The summed E-state index contributed by atoms with van der Waals surface area (Å²) in [6.07, 6.45) is 7.25. The number of nitrogens with one attached hydrogen (secondary N) is 4. The predicted molar refractivity (Wildman–Crippen MR) is 142 cm³/mol. The first-order valence-corrected chi connectivity index (χ1v) is 13.2.